The molecule has 0 N–H and O–H groups in total. The molecule has 0 saturated heterocycles. The van der Waals surface area contributed by atoms with Gasteiger partial charge in [-0.15, -0.1) is 0 Å². The summed E-state index contributed by atoms with van der Waals surface area (Å²) in [7, 11) is 0. The van der Waals surface area contributed by atoms with E-state index in [-0.39, 0.29) is 9.86 Å². The highest BCUT2D eigenvalue weighted by molar-refractivity contribution is 8.14. The van der Waals surface area contributed by atoms with E-state index in [4.69, 9.17) is 0 Å². The van der Waals surface area contributed by atoms with E-state index in [9.17, 15) is 9.59 Å². The molecule has 0 aromatic rings. The topological polar surface area (TPSA) is 34.1 Å². The third kappa shape index (κ3) is 5.36. The maximum Gasteiger partial charge on any atom is 0.189 e. The van der Waals surface area contributed by atoms with Crippen LogP contribution in [-0.4, -0.2) is 15.6 Å². The normalized spacial score (nSPS) is 22.9. The van der Waals surface area contributed by atoms with Crippen molar-refractivity contribution in [2.24, 2.45) is 5.92 Å². The van der Waals surface area contributed by atoms with Gasteiger partial charge in [-0.3, -0.25) is 9.59 Å². The molecule has 0 amide bonds. The molecule has 1 saturated carbocycles. The summed E-state index contributed by atoms with van der Waals surface area (Å²) in [6, 6.07) is 0. The fraction of sp³-hybridized carbons (Fsp3) is 0.833. The van der Waals surface area contributed by atoms with Crippen molar-refractivity contribution in [1.29, 1.82) is 0 Å². The van der Waals surface area contributed by atoms with Gasteiger partial charge in [-0.05, 0) is 18.8 Å². The van der Waals surface area contributed by atoms with Crippen molar-refractivity contribution in [3.8, 4) is 0 Å². The van der Waals surface area contributed by atoms with Crippen LogP contribution in [0.25, 0.3) is 0 Å². The van der Waals surface area contributed by atoms with Crippen LogP contribution >= 0.6 is 11.8 Å². The van der Waals surface area contributed by atoms with Crippen LogP contribution in [0.15, 0.2) is 0 Å². The molecule has 1 aliphatic carbocycles. The summed E-state index contributed by atoms with van der Waals surface area (Å²) in [6.07, 6.45) is 3.93. The molecule has 0 bridgehead atoms. The largest absolute Gasteiger partial charge is 0.300 e. The Labute approximate surface area is 96.2 Å². The number of Topliss-reactive ketones (excluding diaryl/α,β-unsaturated/α-hetero) is 1. The first kappa shape index (κ1) is 12.8. The van der Waals surface area contributed by atoms with E-state index in [0.717, 1.165) is 19.3 Å². The number of carbonyl (C=O) groups is 2. The third-order valence-electron chi connectivity index (χ3n) is 2.46. The van der Waals surface area contributed by atoms with E-state index < -0.39 is 0 Å². The van der Waals surface area contributed by atoms with Crippen LogP contribution in [0.4, 0.5) is 0 Å². The molecular weight excluding hydrogens is 208 g/mol. The van der Waals surface area contributed by atoms with Gasteiger partial charge in [0.05, 0.1) is 0 Å². The van der Waals surface area contributed by atoms with Gasteiger partial charge in [0.2, 0.25) is 0 Å². The molecule has 3 heteroatoms. The minimum Gasteiger partial charge on any atom is -0.300 e. The zero-order valence-corrected chi connectivity index (χ0v) is 10.7. The van der Waals surface area contributed by atoms with Crippen LogP contribution < -0.4 is 0 Å². The lowest BCUT2D eigenvalue weighted by Crippen LogP contribution is -2.19. The predicted octanol–water partition coefficient (Wildman–Crippen LogP) is 3.19. The van der Waals surface area contributed by atoms with Gasteiger partial charge in [-0.25, -0.2) is 0 Å². The Morgan fingerprint density at radius 2 is 2.13 bits per heavy atom. The lowest BCUT2D eigenvalue weighted by molar-refractivity contribution is -0.122. The van der Waals surface area contributed by atoms with E-state index in [2.05, 4.69) is 0 Å². The highest BCUT2D eigenvalue weighted by Crippen LogP contribution is 2.30. The molecule has 0 radical (unpaired) electrons. The second-order valence-electron chi connectivity index (χ2n) is 5.29. The fourth-order valence-electron chi connectivity index (χ4n) is 1.91. The third-order valence-corrected chi connectivity index (χ3v) is 3.47. The van der Waals surface area contributed by atoms with Crippen molar-refractivity contribution in [1.82, 2.24) is 0 Å². The molecule has 0 unspecified atom stereocenters. The van der Waals surface area contributed by atoms with Gasteiger partial charge in [0.1, 0.15) is 5.78 Å². The van der Waals surface area contributed by atoms with Crippen molar-refractivity contribution in [2.45, 2.75) is 57.6 Å². The van der Waals surface area contributed by atoms with Gasteiger partial charge in [-0.2, -0.15) is 0 Å². The van der Waals surface area contributed by atoms with Gasteiger partial charge < -0.3 is 0 Å². The standard InChI is InChI=1S/C12H20O2S/c1-12(2,3)15-11(14)8-9-5-4-6-10(13)7-9/h9H,4-8H2,1-3H3/t9-/m0/s1. The van der Waals surface area contributed by atoms with Gasteiger partial charge in [0, 0.05) is 24.0 Å². The molecule has 0 aromatic carbocycles. The highest BCUT2D eigenvalue weighted by Gasteiger charge is 2.24. The van der Waals surface area contributed by atoms with E-state index in [1.165, 1.54) is 11.8 Å². The molecule has 1 fully saturated rings. The smallest absolute Gasteiger partial charge is 0.189 e. The average Bonchev–Trinajstić information content (AvgIpc) is 1.99. The van der Waals surface area contributed by atoms with Crippen LogP contribution in [0, 0.1) is 5.92 Å². The molecule has 0 spiro atoms. The van der Waals surface area contributed by atoms with E-state index in [1.54, 1.807) is 0 Å². The van der Waals surface area contributed by atoms with Gasteiger partial charge in [0.15, 0.2) is 5.12 Å². The van der Waals surface area contributed by atoms with Crippen LogP contribution in [-0.2, 0) is 9.59 Å². The van der Waals surface area contributed by atoms with E-state index >= 15 is 0 Å². The van der Waals surface area contributed by atoms with E-state index in [1.807, 2.05) is 20.8 Å². The number of carbonyl (C=O) groups excluding carboxylic acids is 2. The fourth-order valence-corrected chi connectivity index (χ4v) is 2.91. The Hall–Kier alpha value is -0.310. The van der Waals surface area contributed by atoms with Crippen molar-refractivity contribution in [3.05, 3.63) is 0 Å². The van der Waals surface area contributed by atoms with Crippen LogP contribution in [0.2, 0.25) is 0 Å². The monoisotopic (exact) mass is 228 g/mol. The zero-order chi connectivity index (χ0) is 11.5. The molecular formula is C12H20O2S. The Bertz CT molecular complexity index is 253. The number of rotatable bonds is 2. The summed E-state index contributed by atoms with van der Waals surface area (Å²) in [5.41, 5.74) is 0. The van der Waals surface area contributed by atoms with Crippen molar-refractivity contribution < 1.29 is 9.59 Å². The molecule has 0 aromatic heterocycles. The SMILES string of the molecule is CC(C)(C)SC(=O)C[C@H]1CCCC(=O)C1. The van der Waals surface area contributed by atoms with Crippen LogP contribution in [0.1, 0.15) is 52.9 Å². The highest BCUT2D eigenvalue weighted by atomic mass is 32.2. The van der Waals surface area contributed by atoms with Gasteiger partial charge >= 0.3 is 0 Å². The minimum absolute atomic E-state index is 0.00421. The summed E-state index contributed by atoms with van der Waals surface area (Å²) < 4.78 is -0.00421. The van der Waals surface area contributed by atoms with Gasteiger partial charge in [0.25, 0.3) is 0 Å². The maximum absolute atomic E-state index is 11.7. The maximum atomic E-state index is 11.7. The Morgan fingerprint density at radius 3 is 2.67 bits per heavy atom. The number of thioether (sulfide) groups is 1. The van der Waals surface area contributed by atoms with E-state index in [0.29, 0.717) is 24.5 Å². The second kappa shape index (κ2) is 5.15. The van der Waals surface area contributed by atoms with Gasteiger partial charge in [-0.1, -0.05) is 32.5 Å². The molecule has 0 aliphatic heterocycles. The molecule has 2 nitrogen and oxygen atoms in total. The quantitative estimate of drug-likeness (QED) is 0.728. The summed E-state index contributed by atoms with van der Waals surface area (Å²) in [5.74, 6) is 0.647. The lowest BCUT2D eigenvalue weighted by Gasteiger charge is -2.22. The zero-order valence-electron chi connectivity index (χ0n) is 9.84. The molecule has 0 heterocycles. The van der Waals surface area contributed by atoms with Crippen LogP contribution in [0.5, 0.6) is 0 Å². The predicted molar refractivity (Wildman–Crippen MR) is 63.9 cm³/mol. The average molecular weight is 228 g/mol. The minimum atomic E-state index is -0.00421. The first-order chi connectivity index (χ1) is 6.87. The van der Waals surface area contributed by atoms with Crippen molar-refractivity contribution >= 4 is 22.7 Å². The summed E-state index contributed by atoms with van der Waals surface area (Å²) >= 11 is 1.40. The molecule has 1 rings (SSSR count). The molecule has 1 aliphatic rings. The lowest BCUT2D eigenvalue weighted by atomic mass is 9.86. The Kier molecular flexibility index (Phi) is 4.38. The van der Waals surface area contributed by atoms with Crippen LogP contribution in [0.3, 0.4) is 0 Å². The molecule has 1 atom stereocenters. The second-order valence-corrected chi connectivity index (χ2v) is 7.18. The Morgan fingerprint density at radius 1 is 1.47 bits per heavy atom. The Balaban J connectivity index is 2.34. The molecule has 15 heavy (non-hydrogen) atoms. The molecule has 86 valence electrons. The van der Waals surface area contributed by atoms with Crippen molar-refractivity contribution in [3.63, 3.8) is 0 Å². The van der Waals surface area contributed by atoms with Crippen molar-refractivity contribution in [2.75, 3.05) is 0 Å². The number of hydrogen-bond acceptors (Lipinski definition) is 3. The first-order valence-electron chi connectivity index (χ1n) is 5.60. The first-order valence-corrected chi connectivity index (χ1v) is 6.42. The number of hydrogen-bond donors (Lipinski definition) is 0. The number of ketones is 1. The summed E-state index contributed by atoms with van der Waals surface area (Å²) in [5, 5.41) is 0.238. The summed E-state index contributed by atoms with van der Waals surface area (Å²) in [6.45, 7) is 6.13. The summed E-state index contributed by atoms with van der Waals surface area (Å²) in [4.78, 5) is 22.9.